The normalized spacial score (nSPS) is 17.3. The third kappa shape index (κ3) is 3.35. The molecule has 0 radical (unpaired) electrons. The third-order valence-corrected chi connectivity index (χ3v) is 5.84. The number of aryl methyl sites for hydroxylation is 2. The molecular weight excluding hydrogens is 366 g/mol. The van der Waals surface area contributed by atoms with E-state index in [1.807, 2.05) is 64.5 Å². The molecule has 1 saturated carbocycles. The maximum absolute atomic E-state index is 13.0. The lowest BCUT2D eigenvalue weighted by Crippen LogP contribution is -2.38. The molecule has 0 unspecified atom stereocenters. The predicted molar refractivity (Wildman–Crippen MR) is 108 cm³/mol. The summed E-state index contributed by atoms with van der Waals surface area (Å²) >= 11 is 0. The Hall–Kier alpha value is -2.93. The Labute approximate surface area is 169 Å². The van der Waals surface area contributed by atoms with Crippen molar-refractivity contribution in [2.45, 2.75) is 45.9 Å². The summed E-state index contributed by atoms with van der Waals surface area (Å²) in [5.41, 5.74) is 5.38. The molecule has 2 aromatic heterocycles. The van der Waals surface area contributed by atoms with Gasteiger partial charge in [-0.3, -0.25) is 9.48 Å². The minimum Gasteiger partial charge on any atom is -0.386 e. The summed E-state index contributed by atoms with van der Waals surface area (Å²) in [4.78, 5) is 14.9. The van der Waals surface area contributed by atoms with Gasteiger partial charge in [-0.05, 0) is 69.0 Å². The molecule has 0 saturated heterocycles. The van der Waals surface area contributed by atoms with Gasteiger partial charge < -0.3 is 10.0 Å². The molecule has 3 heterocycles. The Kier molecular flexibility index (Phi) is 4.28. The predicted octanol–water partition coefficient (Wildman–Crippen LogP) is 2.79. The fraction of sp³-hybridized carbons (Fsp3) is 0.409. The standard InChI is InChI=1S/C22H25N5O2/c1-14-11-15(2)27(23-14)18-7-5-17(6-8-18)22(29)25-9-10-26-19(13-25)12-20(24-26)21(28)16-3-4-16/h5-8,11-12,16,21,28H,3-4,9-10,13H2,1-2H3/t21-/m1/s1. The van der Waals surface area contributed by atoms with Crippen LogP contribution >= 0.6 is 0 Å². The average Bonchev–Trinajstić information content (AvgIpc) is 3.40. The quantitative estimate of drug-likeness (QED) is 0.742. The number of hydrogen-bond donors (Lipinski definition) is 1. The van der Waals surface area contributed by atoms with Crippen molar-refractivity contribution in [3.8, 4) is 5.69 Å². The van der Waals surface area contributed by atoms with E-state index in [1.165, 1.54) is 0 Å². The van der Waals surface area contributed by atoms with Crippen LogP contribution in [-0.2, 0) is 13.1 Å². The smallest absolute Gasteiger partial charge is 0.254 e. The number of benzene rings is 1. The number of amides is 1. The maximum atomic E-state index is 13.0. The topological polar surface area (TPSA) is 76.2 Å². The molecule has 5 rings (SSSR count). The Morgan fingerprint density at radius 3 is 2.52 bits per heavy atom. The van der Waals surface area contributed by atoms with E-state index in [2.05, 4.69) is 10.2 Å². The fourth-order valence-electron chi connectivity index (χ4n) is 4.08. The van der Waals surface area contributed by atoms with Crippen LogP contribution < -0.4 is 0 Å². The number of aliphatic hydroxyl groups excluding tert-OH is 1. The van der Waals surface area contributed by atoms with E-state index in [0.717, 1.165) is 41.3 Å². The van der Waals surface area contributed by atoms with Gasteiger partial charge in [-0.1, -0.05) is 0 Å². The molecule has 7 nitrogen and oxygen atoms in total. The van der Waals surface area contributed by atoms with Crippen LogP contribution in [0.2, 0.25) is 0 Å². The van der Waals surface area contributed by atoms with E-state index >= 15 is 0 Å². The summed E-state index contributed by atoms with van der Waals surface area (Å²) < 4.78 is 3.81. The number of hydrogen-bond acceptors (Lipinski definition) is 4. The highest BCUT2D eigenvalue weighted by Crippen LogP contribution is 2.40. The van der Waals surface area contributed by atoms with Gasteiger partial charge in [0.1, 0.15) is 6.10 Å². The van der Waals surface area contributed by atoms with Crippen LogP contribution in [0, 0.1) is 19.8 Å². The van der Waals surface area contributed by atoms with Crippen molar-refractivity contribution in [2.75, 3.05) is 6.54 Å². The second-order valence-corrected chi connectivity index (χ2v) is 8.18. The van der Waals surface area contributed by atoms with Gasteiger partial charge in [0, 0.05) is 17.8 Å². The molecule has 0 spiro atoms. The molecule has 1 N–H and O–H groups in total. The summed E-state index contributed by atoms with van der Waals surface area (Å²) in [5.74, 6) is 0.368. The third-order valence-electron chi connectivity index (χ3n) is 5.84. The molecule has 1 aromatic carbocycles. The minimum atomic E-state index is -0.473. The zero-order chi connectivity index (χ0) is 20.1. The summed E-state index contributed by atoms with van der Waals surface area (Å²) in [7, 11) is 0. The van der Waals surface area contributed by atoms with Crippen LogP contribution in [0.15, 0.2) is 36.4 Å². The van der Waals surface area contributed by atoms with Crippen molar-refractivity contribution in [3.05, 3.63) is 64.7 Å². The highest BCUT2D eigenvalue weighted by atomic mass is 16.3. The van der Waals surface area contributed by atoms with Crippen LogP contribution in [0.1, 0.15) is 52.1 Å². The zero-order valence-electron chi connectivity index (χ0n) is 16.7. The van der Waals surface area contributed by atoms with E-state index in [1.54, 1.807) is 0 Å². The molecule has 1 amide bonds. The fourth-order valence-corrected chi connectivity index (χ4v) is 4.08. The van der Waals surface area contributed by atoms with Crippen LogP contribution in [0.3, 0.4) is 0 Å². The van der Waals surface area contributed by atoms with Crippen molar-refractivity contribution in [1.82, 2.24) is 24.5 Å². The Morgan fingerprint density at radius 1 is 1.10 bits per heavy atom. The lowest BCUT2D eigenvalue weighted by Gasteiger charge is -2.27. The molecule has 3 aromatic rings. The summed E-state index contributed by atoms with van der Waals surface area (Å²) in [6.07, 6.45) is 1.67. The highest BCUT2D eigenvalue weighted by Gasteiger charge is 2.33. The van der Waals surface area contributed by atoms with E-state index in [0.29, 0.717) is 31.1 Å². The number of carbonyl (C=O) groups is 1. The zero-order valence-corrected chi connectivity index (χ0v) is 16.7. The van der Waals surface area contributed by atoms with E-state index in [4.69, 9.17) is 0 Å². The van der Waals surface area contributed by atoms with Crippen molar-refractivity contribution in [3.63, 3.8) is 0 Å². The lowest BCUT2D eigenvalue weighted by molar-refractivity contribution is 0.0705. The monoisotopic (exact) mass is 391 g/mol. The summed E-state index contributed by atoms with van der Waals surface area (Å²) in [6.45, 7) is 5.78. The summed E-state index contributed by atoms with van der Waals surface area (Å²) in [5, 5.41) is 19.4. The van der Waals surface area contributed by atoms with Crippen LogP contribution in [0.5, 0.6) is 0 Å². The molecular formula is C22H25N5O2. The Balaban J connectivity index is 1.31. The lowest BCUT2D eigenvalue weighted by atomic mass is 10.1. The van der Waals surface area contributed by atoms with Gasteiger partial charge in [-0.15, -0.1) is 0 Å². The van der Waals surface area contributed by atoms with Gasteiger partial charge in [0.2, 0.25) is 0 Å². The molecule has 1 aliphatic carbocycles. The second kappa shape index (κ2) is 6.84. The molecule has 1 atom stereocenters. The van der Waals surface area contributed by atoms with Gasteiger partial charge in [0.25, 0.3) is 5.91 Å². The van der Waals surface area contributed by atoms with Gasteiger partial charge in [0.15, 0.2) is 0 Å². The first-order chi connectivity index (χ1) is 14.0. The Bertz CT molecular complexity index is 1060. The van der Waals surface area contributed by atoms with Crippen molar-refractivity contribution in [2.24, 2.45) is 5.92 Å². The van der Waals surface area contributed by atoms with Crippen molar-refractivity contribution >= 4 is 5.91 Å². The van der Waals surface area contributed by atoms with E-state index in [-0.39, 0.29) is 5.91 Å². The van der Waals surface area contributed by atoms with Crippen LogP contribution in [0.4, 0.5) is 0 Å². The summed E-state index contributed by atoms with van der Waals surface area (Å²) in [6, 6.07) is 11.6. The second-order valence-electron chi connectivity index (χ2n) is 8.18. The number of aromatic nitrogens is 4. The molecule has 1 fully saturated rings. The largest absolute Gasteiger partial charge is 0.386 e. The number of carbonyl (C=O) groups excluding carboxylic acids is 1. The van der Waals surface area contributed by atoms with E-state index in [9.17, 15) is 9.90 Å². The SMILES string of the molecule is Cc1cc(C)n(-c2ccc(C(=O)N3CCn4nc([C@H](O)C5CC5)cc4C3)cc2)n1. The first-order valence-corrected chi connectivity index (χ1v) is 10.2. The number of nitrogens with zero attached hydrogens (tertiary/aromatic N) is 5. The molecule has 29 heavy (non-hydrogen) atoms. The maximum Gasteiger partial charge on any atom is 0.254 e. The van der Waals surface area contributed by atoms with Gasteiger partial charge >= 0.3 is 0 Å². The van der Waals surface area contributed by atoms with Crippen LogP contribution in [-0.4, -0.2) is 42.0 Å². The molecule has 7 heteroatoms. The first kappa shape index (κ1) is 18.1. The highest BCUT2D eigenvalue weighted by molar-refractivity contribution is 5.94. The number of rotatable bonds is 4. The molecule has 1 aliphatic heterocycles. The van der Waals surface area contributed by atoms with E-state index < -0.39 is 6.10 Å². The molecule has 150 valence electrons. The molecule has 0 bridgehead atoms. The van der Waals surface area contributed by atoms with Crippen molar-refractivity contribution in [1.29, 1.82) is 0 Å². The number of fused-ring (bicyclic) bond motifs is 1. The number of aliphatic hydroxyl groups is 1. The minimum absolute atomic E-state index is 0.0154. The van der Waals surface area contributed by atoms with Crippen LogP contribution in [0.25, 0.3) is 5.69 Å². The van der Waals surface area contributed by atoms with Gasteiger partial charge in [-0.25, -0.2) is 4.68 Å². The Morgan fingerprint density at radius 2 is 1.86 bits per heavy atom. The van der Waals surface area contributed by atoms with Gasteiger partial charge in [-0.2, -0.15) is 10.2 Å². The average molecular weight is 391 g/mol. The first-order valence-electron chi connectivity index (χ1n) is 10.2. The van der Waals surface area contributed by atoms with Gasteiger partial charge in [0.05, 0.1) is 35.9 Å². The van der Waals surface area contributed by atoms with Crippen molar-refractivity contribution < 1.29 is 9.90 Å². The molecule has 2 aliphatic rings.